The molecule has 3 saturated heterocycles. The zero-order chi connectivity index (χ0) is 70.0. The van der Waals surface area contributed by atoms with Crippen LogP contribution in [0.15, 0.2) is 24.3 Å². The minimum atomic E-state index is -3.76. The molecule has 96 heavy (non-hydrogen) atoms. The van der Waals surface area contributed by atoms with Crippen LogP contribution < -0.4 is 31.1 Å². The van der Waals surface area contributed by atoms with E-state index >= 15 is 0 Å². The summed E-state index contributed by atoms with van der Waals surface area (Å²) >= 11 is 1.30. The SMILES string of the molecule is O=C(CCOCC(COCCC(=O)NCCOCCO[C@H]1C[C@@H](O)[C@@H](O)[C@@H](CO)O1)(COCCC(=O)NCCOCCO[C@H]1C[C@@H](O)[C@@H](O)[C@@H](CO)O1)NC(=O)CCOCCOCCNC(=O)Cc1ccc(OP(=O)(O)I)cc1)NCCOCCO[C@H]1C[C@@H](O)[C@@H](O)[C@@H](CO)O1. The molecule has 0 bridgehead atoms. The fraction of sp³-hybridized carbons (Fsp3) is 0.810. The molecule has 3 aliphatic heterocycles. The van der Waals surface area contributed by atoms with Crippen LogP contribution in [0, 0.1) is 0 Å². The molecule has 554 valence electrons. The molecular weight excluding hydrogens is 1420 g/mol. The zero-order valence-electron chi connectivity index (χ0n) is 53.6. The predicted octanol–water partition coefficient (Wildman–Crippen LogP) is -5.31. The molecule has 38 heteroatoms. The first-order valence-corrected chi connectivity index (χ1v) is 36.0. The fourth-order valence-corrected chi connectivity index (χ4v) is 10.3. The van der Waals surface area contributed by atoms with Gasteiger partial charge in [0.1, 0.15) is 47.9 Å². The van der Waals surface area contributed by atoms with Gasteiger partial charge in [-0.2, -0.15) is 0 Å². The minimum absolute atomic E-state index is 0.00232. The second-order valence-corrected chi connectivity index (χ2v) is 26.9. The van der Waals surface area contributed by atoms with Crippen LogP contribution >= 0.6 is 27.3 Å². The highest BCUT2D eigenvalue weighted by Gasteiger charge is 2.40. The lowest BCUT2D eigenvalue weighted by atomic mass is 10.0. The molecule has 1 aromatic rings. The van der Waals surface area contributed by atoms with Crippen molar-refractivity contribution in [1.29, 1.82) is 0 Å². The van der Waals surface area contributed by atoms with E-state index < -0.39 is 128 Å². The van der Waals surface area contributed by atoms with E-state index in [1.165, 1.54) is 34.2 Å². The Hall–Kier alpha value is -3.63. The van der Waals surface area contributed by atoms with Crippen molar-refractivity contribution in [3.05, 3.63) is 29.8 Å². The summed E-state index contributed by atoms with van der Waals surface area (Å²) in [5.41, 5.74) is -0.829. The largest absolute Gasteiger partial charge is 0.436 e. The average molecular weight is 1520 g/mol. The number of aliphatic hydroxyl groups is 9. The summed E-state index contributed by atoms with van der Waals surface area (Å²) in [6, 6.07) is 6.17. The number of hydrogen-bond donors (Lipinski definition) is 15. The van der Waals surface area contributed by atoms with Crippen LogP contribution in [0.2, 0.25) is 0 Å². The van der Waals surface area contributed by atoms with Gasteiger partial charge >= 0.3 is 5.24 Å². The van der Waals surface area contributed by atoms with Gasteiger partial charge in [0.05, 0.1) is 192 Å². The first-order chi connectivity index (χ1) is 46.1. The van der Waals surface area contributed by atoms with Crippen LogP contribution in [0.1, 0.15) is 50.5 Å². The van der Waals surface area contributed by atoms with E-state index in [9.17, 15) is 79.4 Å². The molecule has 3 heterocycles. The van der Waals surface area contributed by atoms with E-state index in [4.69, 9.17) is 70.8 Å². The van der Waals surface area contributed by atoms with Gasteiger partial charge in [-0.1, -0.05) is 12.1 Å². The van der Waals surface area contributed by atoms with E-state index in [0.717, 1.165) is 0 Å². The van der Waals surface area contributed by atoms with Crippen molar-refractivity contribution in [1.82, 2.24) is 26.6 Å². The summed E-state index contributed by atoms with van der Waals surface area (Å²) in [5.74, 6) is -1.83. The van der Waals surface area contributed by atoms with Crippen molar-refractivity contribution >= 4 is 56.8 Å². The third-order valence-electron chi connectivity index (χ3n) is 14.3. The van der Waals surface area contributed by atoms with E-state index in [2.05, 4.69) is 26.6 Å². The average Bonchev–Trinajstić information content (AvgIpc) is 0.899. The van der Waals surface area contributed by atoms with Crippen molar-refractivity contribution < 1.29 is 150 Å². The molecule has 3 aliphatic rings. The van der Waals surface area contributed by atoms with Crippen molar-refractivity contribution in [2.45, 2.75) is 131 Å². The second kappa shape index (κ2) is 49.0. The predicted molar refractivity (Wildman–Crippen MR) is 338 cm³/mol. The Kier molecular flexibility index (Phi) is 43.3. The van der Waals surface area contributed by atoms with E-state index in [0.29, 0.717) is 5.56 Å². The van der Waals surface area contributed by atoms with Crippen LogP contribution in [-0.4, -0.2) is 331 Å². The first-order valence-electron chi connectivity index (χ1n) is 31.7. The Morgan fingerprint density at radius 1 is 0.448 bits per heavy atom. The Bertz CT molecular complexity index is 2200. The molecular formula is C58H99IN5O31P. The van der Waals surface area contributed by atoms with Crippen LogP contribution in [-0.2, 0) is 101 Å². The highest BCUT2D eigenvalue weighted by molar-refractivity contribution is 14.2. The monoisotopic (exact) mass is 1520 g/mol. The number of benzene rings is 1. The van der Waals surface area contributed by atoms with Crippen LogP contribution in [0.25, 0.3) is 0 Å². The molecule has 0 aliphatic carbocycles. The first kappa shape index (κ1) is 84.8. The summed E-state index contributed by atoms with van der Waals surface area (Å²) in [5, 5.41) is 98.0. The maximum absolute atomic E-state index is 13.7. The second-order valence-electron chi connectivity index (χ2n) is 22.2. The summed E-state index contributed by atoms with van der Waals surface area (Å²) in [6.45, 7) is -1.15. The smallest absolute Gasteiger partial charge is 0.418 e. The number of carbonyl (C=O) groups is 5. The van der Waals surface area contributed by atoms with E-state index in [1.54, 1.807) is 12.1 Å². The maximum Gasteiger partial charge on any atom is 0.436 e. The molecule has 0 radical (unpaired) electrons. The molecule has 4 rings (SSSR count). The number of hydrogen-bond acceptors (Lipinski definition) is 30. The Labute approximate surface area is 569 Å². The summed E-state index contributed by atoms with van der Waals surface area (Å²) < 4.78 is 95.2. The van der Waals surface area contributed by atoms with Gasteiger partial charge in [0, 0.05) is 71.1 Å². The molecule has 15 N–H and O–H groups in total. The quantitative estimate of drug-likeness (QED) is 0.0165. The third-order valence-corrected chi connectivity index (χ3v) is 15.4. The van der Waals surface area contributed by atoms with E-state index in [1.807, 2.05) is 0 Å². The van der Waals surface area contributed by atoms with Gasteiger partial charge < -0.3 is 148 Å². The van der Waals surface area contributed by atoms with Crippen molar-refractivity contribution in [3.8, 4) is 5.75 Å². The normalized spacial score (nSPS) is 24.4. The van der Waals surface area contributed by atoms with Crippen molar-refractivity contribution in [2.24, 2.45) is 0 Å². The highest BCUT2D eigenvalue weighted by atomic mass is 127. The van der Waals surface area contributed by atoms with Gasteiger partial charge in [-0.05, 0) is 17.7 Å². The Morgan fingerprint density at radius 3 is 1.10 bits per heavy atom. The van der Waals surface area contributed by atoms with Gasteiger partial charge in [0.15, 0.2) is 18.9 Å². The molecule has 5 amide bonds. The van der Waals surface area contributed by atoms with Gasteiger partial charge in [-0.15, -0.1) is 0 Å². The highest BCUT2D eigenvalue weighted by Crippen LogP contribution is 2.51. The lowest BCUT2D eigenvalue weighted by Crippen LogP contribution is -2.59. The van der Waals surface area contributed by atoms with E-state index in [-0.39, 0.29) is 215 Å². The molecule has 0 spiro atoms. The topological polar surface area (TPSA) is 503 Å². The molecule has 0 saturated carbocycles. The molecule has 13 atom stereocenters. The van der Waals surface area contributed by atoms with Gasteiger partial charge in [-0.3, -0.25) is 24.0 Å². The number of rotatable bonds is 53. The third kappa shape index (κ3) is 36.6. The molecule has 0 aromatic heterocycles. The zero-order valence-corrected chi connectivity index (χ0v) is 56.7. The lowest BCUT2D eigenvalue weighted by Gasteiger charge is -2.36. The molecule has 3 fully saturated rings. The van der Waals surface area contributed by atoms with Crippen molar-refractivity contribution in [3.63, 3.8) is 0 Å². The fourth-order valence-electron chi connectivity index (χ4n) is 9.28. The maximum atomic E-state index is 13.7. The number of carbonyl (C=O) groups excluding carboxylic acids is 5. The van der Waals surface area contributed by atoms with Crippen LogP contribution in [0.4, 0.5) is 0 Å². The van der Waals surface area contributed by atoms with Gasteiger partial charge in [-0.25, -0.2) is 4.57 Å². The lowest BCUT2D eigenvalue weighted by molar-refractivity contribution is -0.258. The van der Waals surface area contributed by atoms with Crippen LogP contribution in [0.3, 0.4) is 0 Å². The Balaban J connectivity index is 1.27. The van der Waals surface area contributed by atoms with Crippen molar-refractivity contribution in [2.75, 3.05) is 172 Å². The minimum Gasteiger partial charge on any atom is -0.418 e. The van der Waals surface area contributed by atoms with Gasteiger partial charge in [0.25, 0.3) is 0 Å². The molecule has 1 unspecified atom stereocenters. The molecule has 36 nitrogen and oxygen atoms in total. The standard InChI is InChI=1S/C58H99IN5O31P/c59-96(79,80)95-40-3-1-39(2-4-40)29-51(75)63-12-20-82-22-21-81-13-8-50(74)64-58(36-86-14-5-47(71)60-9-17-83-23-26-89-52-30-41(68)55(76)44(33-65)92-52,37-87-15-6-48(72)61-10-18-84-24-27-90-53-31-42(69)56(77)45(34-66)93-53)38-88-16-7-49(73)62-11-19-85-25-28-91-54-32-43(70)57(78)46(35-67)94-54/h1-4,41-46,52-57,65-70,76-78H,5-38H2,(H,60,71)(H,61,72)(H,62,73)(H,63,75)(H,64,74)(H,79,80)/t41-,42-,43-,44-,45-,46-,52-,53-,54-,55-,56-,57-/m1/s1. The number of nitrogens with one attached hydrogen (secondary N) is 5. The summed E-state index contributed by atoms with van der Waals surface area (Å²) in [4.78, 5) is 74.2. The van der Waals surface area contributed by atoms with Crippen LogP contribution in [0.5, 0.6) is 5.75 Å². The number of aliphatic hydroxyl groups excluding tert-OH is 9. The number of amides is 5. The summed E-state index contributed by atoms with van der Waals surface area (Å²) in [6.07, 6.45) is -13.2. The summed E-state index contributed by atoms with van der Waals surface area (Å²) in [7, 11) is 0. The Morgan fingerprint density at radius 2 is 0.760 bits per heavy atom. The van der Waals surface area contributed by atoms with Gasteiger partial charge in [0.2, 0.25) is 29.5 Å². The number of halogens is 1. The number of ether oxygens (including phenoxy) is 14. The molecule has 1 aromatic carbocycles.